The molecule has 0 N–H and O–H groups in total. The van der Waals surface area contributed by atoms with Gasteiger partial charge in [0.2, 0.25) is 5.91 Å². The first-order valence-corrected chi connectivity index (χ1v) is 11.8. The normalized spacial score (nSPS) is 14.0. The van der Waals surface area contributed by atoms with E-state index in [1.54, 1.807) is 11.8 Å². The summed E-state index contributed by atoms with van der Waals surface area (Å²) in [5.41, 5.74) is 3.89. The van der Waals surface area contributed by atoms with Crippen LogP contribution in [0, 0.1) is 0 Å². The third-order valence-electron chi connectivity index (χ3n) is 6.42. The largest absolute Gasteiger partial charge is 0.359 e. The summed E-state index contributed by atoms with van der Waals surface area (Å²) < 4.78 is 2.06. The van der Waals surface area contributed by atoms with E-state index in [1.807, 2.05) is 29.3 Å². The second-order valence-corrected chi connectivity index (χ2v) is 8.69. The SMILES string of the molecule is CCc1nc2ccc(C(=O)N3CCN(C(C)=O)CC3)cn2c1N(C)CCCc1ccccc1. The number of carbonyl (C=O) groups excluding carboxylic acids is 2. The van der Waals surface area contributed by atoms with Crippen molar-refractivity contribution in [3.63, 3.8) is 0 Å². The fourth-order valence-corrected chi connectivity index (χ4v) is 4.53. The van der Waals surface area contributed by atoms with E-state index >= 15 is 0 Å². The molecule has 0 radical (unpaired) electrons. The van der Waals surface area contributed by atoms with Crippen molar-refractivity contribution in [2.75, 3.05) is 44.7 Å². The Bertz CT molecular complexity index is 1120. The lowest BCUT2D eigenvalue weighted by Crippen LogP contribution is -2.50. The number of aromatic nitrogens is 2. The number of rotatable bonds is 7. The molecule has 2 aromatic heterocycles. The topological polar surface area (TPSA) is 61.2 Å². The Labute approximate surface area is 195 Å². The number of hydrogen-bond donors (Lipinski definition) is 0. The van der Waals surface area contributed by atoms with E-state index in [-0.39, 0.29) is 11.8 Å². The van der Waals surface area contributed by atoms with Gasteiger partial charge in [-0.3, -0.25) is 14.0 Å². The van der Waals surface area contributed by atoms with Crippen molar-refractivity contribution in [3.05, 3.63) is 65.5 Å². The van der Waals surface area contributed by atoms with Crippen LogP contribution in [0.25, 0.3) is 5.65 Å². The molecule has 1 saturated heterocycles. The van der Waals surface area contributed by atoms with Gasteiger partial charge in [-0.05, 0) is 37.0 Å². The standard InChI is InChI=1S/C26H33N5O2/c1-4-23-25(28(3)14-8-11-21-9-6-5-7-10-21)31-19-22(12-13-24(31)27-23)26(33)30-17-15-29(16-18-30)20(2)32/h5-7,9-10,12-13,19H,4,8,11,14-18H2,1-3H3. The third kappa shape index (κ3) is 5.02. The molecule has 1 aliphatic heterocycles. The van der Waals surface area contributed by atoms with Crippen molar-refractivity contribution < 1.29 is 9.59 Å². The maximum atomic E-state index is 13.2. The van der Waals surface area contributed by atoms with Gasteiger partial charge in [-0.15, -0.1) is 0 Å². The zero-order valence-electron chi connectivity index (χ0n) is 19.8. The minimum atomic E-state index is 0.00420. The van der Waals surface area contributed by atoms with Crippen molar-refractivity contribution in [1.29, 1.82) is 0 Å². The van der Waals surface area contributed by atoms with Gasteiger partial charge in [0, 0.05) is 52.9 Å². The lowest BCUT2D eigenvalue weighted by Gasteiger charge is -2.34. The average Bonchev–Trinajstić information content (AvgIpc) is 3.22. The number of aryl methyl sites for hydroxylation is 2. The van der Waals surface area contributed by atoms with Crippen LogP contribution >= 0.6 is 0 Å². The van der Waals surface area contributed by atoms with E-state index in [2.05, 4.69) is 47.5 Å². The summed E-state index contributed by atoms with van der Waals surface area (Å²) in [6.45, 7) is 6.89. The van der Waals surface area contributed by atoms with Gasteiger partial charge < -0.3 is 14.7 Å². The van der Waals surface area contributed by atoms with Crippen molar-refractivity contribution >= 4 is 23.3 Å². The molecule has 0 saturated carbocycles. The highest BCUT2D eigenvalue weighted by Gasteiger charge is 2.24. The van der Waals surface area contributed by atoms with Gasteiger partial charge in [0.25, 0.3) is 5.91 Å². The molecular weight excluding hydrogens is 414 g/mol. The lowest BCUT2D eigenvalue weighted by molar-refractivity contribution is -0.130. The summed E-state index contributed by atoms with van der Waals surface area (Å²) in [7, 11) is 2.10. The average molecular weight is 448 g/mol. The predicted molar refractivity (Wildman–Crippen MR) is 131 cm³/mol. The van der Waals surface area contributed by atoms with Crippen LogP contribution in [0.15, 0.2) is 48.7 Å². The highest BCUT2D eigenvalue weighted by atomic mass is 16.2. The molecule has 3 aromatic rings. The van der Waals surface area contributed by atoms with Gasteiger partial charge in [-0.2, -0.15) is 0 Å². The molecule has 1 aliphatic rings. The molecular formula is C26H33N5O2. The molecule has 0 unspecified atom stereocenters. The summed E-state index contributed by atoms with van der Waals surface area (Å²) in [4.78, 5) is 35.5. The molecule has 0 bridgehead atoms. The van der Waals surface area contributed by atoms with Crippen LogP contribution < -0.4 is 4.90 Å². The van der Waals surface area contributed by atoms with E-state index < -0.39 is 0 Å². The van der Waals surface area contributed by atoms with Crippen molar-refractivity contribution in [2.45, 2.75) is 33.1 Å². The van der Waals surface area contributed by atoms with E-state index in [1.165, 1.54) is 5.56 Å². The van der Waals surface area contributed by atoms with Crippen molar-refractivity contribution in [2.24, 2.45) is 0 Å². The molecule has 174 valence electrons. The van der Waals surface area contributed by atoms with Gasteiger partial charge in [0.15, 0.2) is 0 Å². The number of hydrogen-bond acceptors (Lipinski definition) is 4. The van der Waals surface area contributed by atoms with Gasteiger partial charge >= 0.3 is 0 Å². The number of amides is 2. The number of benzene rings is 1. The number of piperazine rings is 1. The molecule has 33 heavy (non-hydrogen) atoms. The monoisotopic (exact) mass is 447 g/mol. The van der Waals surface area contributed by atoms with E-state index in [9.17, 15) is 9.59 Å². The van der Waals surface area contributed by atoms with E-state index in [0.29, 0.717) is 31.7 Å². The summed E-state index contributed by atoms with van der Waals surface area (Å²) in [5, 5.41) is 0. The van der Waals surface area contributed by atoms with Crippen molar-refractivity contribution in [3.8, 4) is 0 Å². The van der Waals surface area contributed by atoms with E-state index in [0.717, 1.165) is 43.0 Å². The molecule has 0 aliphatic carbocycles. The number of anilines is 1. The van der Waals surface area contributed by atoms with Gasteiger partial charge in [0.05, 0.1) is 11.3 Å². The maximum absolute atomic E-state index is 13.2. The summed E-state index contributed by atoms with van der Waals surface area (Å²) >= 11 is 0. The first-order chi connectivity index (χ1) is 16.0. The zero-order valence-corrected chi connectivity index (χ0v) is 19.8. The second-order valence-electron chi connectivity index (χ2n) is 8.69. The number of pyridine rings is 1. The van der Waals surface area contributed by atoms with Crippen LogP contribution in [0.4, 0.5) is 5.82 Å². The van der Waals surface area contributed by atoms with Crippen LogP contribution in [0.2, 0.25) is 0 Å². The zero-order chi connectivity index (χ0) is 23.4. The molecule has 2 amide bonds. The quantitative estimate of drug-likeness (QED) is 0.558. The van der Waals surface area contributed by atoms with Crippen LogP contribution in [-0.2, 0) is 17.6 Å². The Kier molecular flexibility index (Phi) is 6.96. The van der Waals surface area contributed by atoms with Crippen LogP contribution in [0.1, 0.15) is 41.9 Å². The second kappa shape index (κ2) is 10.1. The van der Waals surface area contributed by atoms with Crippen LogP contribution in [0.3, 0.4) is 0 Å². The van der Waals surface area contributed by atoms with Crippen LogP contribution in [0.5, 0.6) is 0 Å². The van der Waals surface area contributed by atoms with Gasteiger partial charge in [-0.1, -0.05) is 37.3 Å². The highest BCUT2D eigenvalue weighted by molar-refractivity contribution is 5.94. The fraction of sp³-hybridized carbons (Fsp3) is 0.423. The fourth-order valence-electron chi connectivity index (χ4n) is 4.53. The lowest BCUT2D eigenvalue weighted by atomic mass is 10.1. The number of carbonyl (C=O) groups is 2. The van der Waals surface area contributed by atoms with E-state index in [4.69, 9.17) is 4.98 Å². The van der Waals surface area contributed by atoms with Gasteiger partial charge in [0.1, 0.15) is 11.5 Å². The molecule has 7 heteroatoms. The Morgan fingerprint density at radius 2 is 1.70 bits per heavy atom. The molecule has 0 atom stereocenters. The number of imidazole rings is 1. The third-order valence-corrected chi connectivity index (χ3v) is 6.42. The van der Waals surface area contributed by atoms with Gasteiger partial charge in [-0.25, -0.2) is 4.98 Å². The Hall–Kier alpha value is -3.35. The molecule has 4 rings (SSSR count). The molecule has 0 spiro atoms. The summed E-state index contributed by atoms with van der Waals surface area (Å²) in [6, 6.07) is 14.3. The summed E-state index contributed by atoms with van der Waals surface area (Å²) in [5.74, 6) is 1.12. The summed E-state index contributed by atoms with van der Waals surface area (Å²) in [6.07, 6.45) is 4.82. The maximum Gasteiger partial charge on any atom is 0.255 e. The number of fused-ring (bicyclic) bond motifs is 1. The smallest absolute Gasteiger partial charge is 0.255 e. The molecule has 7 nitrogen and oxygen atoms in total. The Balaban J connectivity index is 1.51. The molecule has 3 heterocycles. The Morgan fingerprint density at radius 1 is 1.00 bits per heavy atom. The predicted octanol–water partition coefficient (Wildman–Crippen LogP) is 3.27. The number of nitrogens with zero attached hydrogens (tertiary/aromatic N) is 5. The molecule has 1 fully saturated rings. The van der Waals surface area contributed by atoms with Crippen LogP contribution in [-0.4, -0.2) is 70.8 Å². The van der Waals surface area contributed by atoms with Crippen molar-refractivity contribution in [1.82, 2.24) is 19.2 Å². The minimum Gasteiger partial charge on any atom is -0.359 e. The first-order valence-electron chi connectivity index (χ1n) is 11.8. The minimum absolute atomic E-state index is 0.00420. The Morgan fingerprint density at radius 3 is 2.36 bits per heavy atom. The molecule has 1 aromatic carbocycles. The first kappa shape index (κ1) is 22.8. The highest BCUT2D eigenvalue weighted by Crippen LogP contribution is 2.24.